The predicted molar refractivity (Wildman–Crippen MR) is 77.2 cm³/mol. The summed E-state index contributed by atoms with van der Waals surface area (Å²) in [6, 6.07) is 4.97. The molecule has 7 heteroatoms. The van der Waals surface area contributed by atoms with Crippen molar-refractivity contribution < 1.29 is 19.3 Å². The van der Waals surface area contributed by atoms with Crippen molar-refractivity contribution in [3.63, 3.8) is 0 Å². The molecule has 0 fully saturated rings. The highest BCUT2D eigenvalue weighted by molar-refractivity contribution is 6.32. The number of hydrogen-bond donors (Lipinski definition) is 1. The number of aliphatic hydroxyl groups excluding tert-OH is 1. The van der Waals surface area contributed by atoms with E-state index in [4.69, 9.17) is 25.8 Å². The van der Waals surface area contributed by atoms with Gasteiger partial charge in [0.2, 0.25) is 11.8 Å². The van der Waals surface area contributed by atoms with E-state index in [0.717, 1.165) is 0 Å². The standard InChI is InChI=1S/C14H15ClN2O4/c1-19-10-5-4-8(6-9(10)15)13(18)12-14(21-3)17-11(20-2)7-16-12/h4-7,13,18H,1-3H3. The molecule has 0 aliphatic carbocycles. The number of halogens is 1. The van der Waals surface area contributed by atoms with E-state index in [1.807, 2.05) is 0 Å². The average Bonchev–Trinajstić information content (AvgIpc) is 2.53. The molecular formula is C14H15ClN2O4. The van der Waals surface area contributed by atoms with E-state index in [9.17, 15) is 5.11 Å². The van der Waals surface area contributed by atoms with Crippen LogP contribution in [0, 0.1) is 0 Å². The normalized spacial score (nSPS) is 11.9. The van der Waals surface area contributed by atoms with Crippen LogP contribution in [-0.4, -0.2) is 36.4 Å². The summed E-state index contributed by atoms with van der Waals surface area (Å²) in [5.74, 6) is 1.02. The van der Waals surface area contributed by atoms with Crippen molar-refractivity contribution in [1.29, 1.82) is 0 Å². The minimum atomic E-state index is -1.03. The molecule has 0 saturated heterocycles. The molecule has 21 heavy (non-hydrogen) atoms. The molecule has 1 aromatic heterocycles. The fourth-order valence-corrected chi connectivity index (χ4v) is 2.08. The summed E-state index contributed by atoms with van der Waals surface area (Å²) in [5, 5.41) is 10.8. The molecule has 0 aliphatic rings. The van der Waals surface area contributed by atoms with Crippen LogP contribution in [0.25, 0.3) is 0 Å². The van der Waals surface area contributed by atoms with Crippen molar-refractivity contribution in [1.82, 2.24) is 9.97 Å². The van der Waals surface area contributed by atoms with E-state index in [2.05, 4.69) is 9.97 Å². The van der Waals surface area contributed by atoms with Crippen molar-refractivity contribution >= 4 is 11.6 Å². The Morgan fingerprint density at radius 1 is 1.14 bits per heavy atom. The van der Waals surface area contributed by atoms with E-state index in [1.54, 1.807) is 18.2 Å². The zero-order chi connectivity index (χ0) is 15.4. The summed E-state index contributed by atoms with van der Waals surface area (Å²) in [5.41, 5.74) is 0.832. The van der Waals surface area contributed by atoms with Gasteiger partial charge in [-0.05, 0) is 17.7 Å². The van der Waals surface area contributed by atoms with Crippen LogP contribution in [0.2, 0.25) is 5.02 Å². The maximum atomic E-state index is 10.4. The summed E-state index contributed by atoms with van der Waals surface area (Å²) in [6.45, 7) is 0. The van der Waals surface area contributed by atoms with Crippen LogP contribution in [0.1, 0.15) is 17.4 Å². The third-order valence-corrected chi connectivity index (χ3v) is 3.19. The van der Waals surface area contributed by atoms with Crippen molar-refractivity contribution in [2.24, 2.45) is 0 Å². The average molecular weight is 311 g/mol. The maximum Gasteiger partial charge on any atom is 0.241 e. The van der Waals surface area contributed by atoms with Gasteiger partial charge < -0.3 is 19.3 Å². The summed E-state index contributed by atoms with van der Waals surface area (Å²) < 4.78 is 15.2. The zero-order valence-corrected chi connectivity index (χ0v) is 12.6. The van der Waals surface area contributed by atoms with Crippen LogP contribution >= 0.6 is 11.6 Å². The first kappa shape index (κ1) is 15.3. The number of ether oxygens (including phenoxy) is 3. The van der Waals surface area contributed by atoms with Gasteiger partial charge in [-0.2, -0.15) is 4.98 Å². The molecule has 0 amide bonds. The molecular weight excluding hydrogens is 296 g/mol. The van der Waals surface area contributed by atoms with Crippen molar-refractivity contribution in [2.45, 2.75) is 6.10 Å². The second-order valence-corrected chi connectivity index (χ2v) is 4.51. The molecule has 1 atom stereocenters. The number of hydrogen-bond acceptors (Lipinski definition) is 6. The third-order valence-electron chi connectivity index (χ3n) is 2.90. The quantitative estimate of drug-likeness (QED) is 0.913. The van der Waals surface area contributed by atoms with Gasteiger partial charge in [0, 0.05) is 0 Å². The largest absolute Gasteiger partial charge is 0.495 e. The minimum absolute atomic E-state index is 0.189. The highest BCUT2D eigenvalue weighted by Crippen LogP contribution is 2.32. The Morgan fingerprint density at radius 2 is 1.90 bits per heavy atom. The number of aliphatic hydroxyl groups is 1. The van der Waals surface area contributed by atoms with Gasteiger partial charge in [-0.25, -0.2) is 4.98 Å². The molecule has 0 bridgehead atoms. The van der Waals surface area contributed by atoms with E-state index < -0.39 is 6.10 Å². The van der Waals surface area contributed by atoms with Gasteiger partial charge in [0.1, 0.15) is 17.5 Å². The van der Waals surface area contributed by atoms with Crippen LogP contribution in [-0.2, 0) is 0 Å². The second-order valence-electron chi connectivity index (χ2n) is 4.10. The third kappa shape index (κ3) is 3.17. The lowest BCUT2D eigenvalue weighted by Crippen LogP contribution is -2.07. The summed E-state index contributed by atoms with van der Waals surface area (Å²) in [4.78, 5) is 8.22. The Kier molecular flexibility index (Phi) is 4.82. The zero-order valence-electron chi connectivity index (χ0n) is 11.8. The first-order valence-electron chi connectivity index (χ1n) is 6.07. The van der Waals surface area contributed by atoms with E-state index in [-0.39, 0.29) is 11.6 Å². The SMILES string of the molecule is COc1cnc(C(O)c2ccc(OC)c(Cl)c2)c(OC)n1. The Labute approximate surface area is 127 Å². The Balaban J connectivity index is 2.39. The van der Waals surface area contributed by atoms with Gasteiger partial charge in [-0.3, -0.25) is 0 Å². The molecule has 1 heterocycles. The van der Waals surface area contributed by atoms with Crippen LogP contribution in [0.3, 0.4) is 0 Å². The van der Waals surface area contributed by atoms with E-state index in [1.165, 1.54) is 27.5 Å². The van der Waals surface area contributed by atoms with Gasteiger partial charge in [0.25, 0.3) is 0 Å². The number of rotatable bonds is 5. The van der Waals surface area contributed by atoms with Crippen molar-refractivity contribution in [3.8, 4) is 17.5 Å². The van der Waals surface area contributed by atoms with Crippen LogP contribution in [0.5, 0.6) is 17.5 Å². The Bertz CT molecular complexity index is 636. The summed E-state index contributed by atoms with van der Waals surface area (Å²) in [6.07, 6.45) is 0.383. The molecule has 112 valence electrons. The molecule has 2 aromatic rings. The van der Waals surface area contributed by atoms with Crippen molar-refractivity contribution in [3.05, 3.63) is 40.7 Å². The highest BCUT2D eigenvalue weighted by Gasteiger charge is 2.20. The van der Waals surface area contributed by atoms with Gasteiger partial charge in [0.15, 0.2) is 0 Å². The lowest BCUT2D eigenvalue weighted by molar-refractivity contribution is 0.206. The number of methoxy groups -OCH3 is 3. The number of nitrogens with zero attached hydrogens (tertiary/aromatic N) is 2. The molecule has 0 saturated carbocycles. The molecule has 1 unspecified atom stereocenters. The first-order chi connectivity index (χ1) is 10.1. The van der Waals surface area contributed by atoms with E-state index in [0.29, 0.717) is 22.2 Å². The number of aromatic nitrogens is 2. The second kappa shape index (κ2) is 6.60. The van der Waals surface area contributed by atoms with Gasteiger partial charge in [-0.1, -0.05) is 17.7 Å². The van der Waals surface area contributed by atoms with Crippen LogP contribution in [0.4, 0.5) is 0 Å². The molecule has 1 aromatic carbocycles. The lowest BCUT2D eigenvalue weighted by Gasteiger charge is -2.15. The first-order valence-corrected chi connectivity index (χ1v) is 6.45. The lowest BCUT2D eigenvalue weighted by atomic mass is 10.1. The van der Waals surface area contributed by atoms with Crippen LogP contribution in [0.15, 0.2) is 24.4 Å². The fourth-order valence-electron chi connectivity index (χ4n) is 1.81. The molecule has 1 N–H and O–H groups in total. The maximum absolute atomic E-state index is 10.4. The summed E-state index contributed by atoms with van der Waals surface area (Å²) in [7, 11) is 4.44. The van der Waals surface area contributed by atoms with Crippen molar-refractivity contribution in [2.75, 3.05) is 21.3 Å². The highest BCUT2D eigenvalue weighted by atomic mass is 35.5. The van der Waals surface area contributed by atoms with Gasteiger partial charge in [0.05, 0.1) is 32.5 Å². The molecule has 2 rings (SSSR count). The Hall–Kier alpha value is -2.05. The topological polar surface area (TPSA) is 73.7 Å². The predicted octanol–water partition coefficient (Wildman–Crippen LogP) is 2.24. The molecule has 0 radical (unpaired) electrons. The fraction of sp³-hybridized carbons (Fsp3) is 0.286. The van der Waals surface area contributed by atoms with E-state index >= 15 is 0 Å². The van der Waals surface area contributed by atoms with Crippen LogP contribution < -0.4 is 14.2 Å². The molecule has 6 nitrogen and oxygen atoms in total. The smallest absolute Gasteiger partial charge is 0.241 e. The summed E-state index contributed by atoms with van der Waals surface area (Å²) >= 11 is 6.06. The molecule has 0 aliphatic heterocycles. The number of benzene rings is 1. The van der Waals surface area contributed by atoms with Gasteiger partial charge >= 0.3 is 0 Å². The Morgan fingerprint density at radius 3 is 2.48 bits per heavy atom. The molecule has 0 spiro atoms. The van der Waals surface area contributed by atoms with Gasteiger partial charge in [-0.15, -0.1) is 0 Å². The monoisotopic (exact) mass is 310 g/mol. The minimum Gasteiger partial charge on any atom is -0.495 e.